The number of anilines is 1. The van der Waals surface area contributed by atoms with Crippen molar-refractivity contribution in [2.45, 2.75) is 13.1 Å². The summed E-state index contributed by atoms with van der Waals surface area (Å²) in [4.78, 5) is 0. The van der Waals surface area contributed by atoms with Crippen LogP contribution in [0.25, 0.3) is 0 Å². The zero-order valence-electron chi connectivity index (χ0n) is 7.45. The van der Waals surface area contributed by atoms with Crippen LogP contribution < -0.4 is 5.32 Å². The number of nitrogens with one attached hydrogen (secondary N) is 1. The van der Waals surface area contributed by atoms with Gasteiger partial charge >= 0.3 is 6.18 Å². The minimum Gasteiger partial charge on any atom is -0.374 e. The van der Waals surface area contributed by atoms with Crippen molar-refractivity contribution in [1.29, 1.82) is 0 Å². The predicted octanol–water partition coefficient (Wildman–Crippen LogP) is 3.11. The molecular formula is C9H9F4N. The van der Waals surface area contributed by atoms with Crippen LogP contribution >= 0.6 is 0 Å². The van der Waals surface area contributed by atoms with Crippen LogP contribution in [0.15, 0.2) is 18.2 Å². The molecule has 0 saturated heterocycles. The van der Waals surface area contributed by atoms with Crippen LogP contribution in [0.5, 0.6) is 0 Å². The first-order chi connectivity index (χ1) is 6.40. The molecule has 0 unspecified atom stereocenters. The highest BCUT2D eigenvalue weighted by molar-refractivity contribution is 5.47. The van der Waals surface area contributed by atoms with Crippen molar-refractivity contribution >= 4 is 5.69 Å². The van der Waals surface area contributed by atoms with E-state index in [1.165, 1.54) is 25.1 Å². The van der Waals surface area contributed by atoms with Gasteiger partial charge in [-0.25, -0.2) is 4.39 Å². The van der Waals surface area contributed by atoms with Gasteiger partial charge in [0.15, 0.2) is 0 Å². The van der Waals surface area contributed by atoms with E-state index in [4.69, 9.17) is 0 Å². The van der Waals surface area contributed by atoms with Crippen LogP contribution in [-0.2, 0) is 0 Å². The quantitative estimate of drug-likeness (QED) is 0.734. The van der Waals surface area contributed by atoms with Crippen molar-refractivity contribution in [3.05, 3.63) is 29.6 Å². The Morgan fingerprint density at radius 1 is 1.29 bits per heavy atom. The van der Waals surface area contributed by atoms with Crippen molar-refractivity contribution in [1.82, 2.24) is 0 Å². The third-order valence-electron chi connectivity index (χ3n) is 1.67. The molecule has 78 valence electrons. The Labute approximate surface area is 78.7 Å². The van der Waals surface area contributed by atoms with E-state index in [1.54, 1.807) is 0 Å². The Morgan fingerprint density at radius 2 is 1.93 bits per heavy atom. The van der Waals surface area contributed by atoms with Gasteiger partial charge < -0.3 is 5.32 Å². The van der Waals surface area contributed by atoms with Crippen LogP contribution in [0.3, 0.4) is 0 Å². The van der Waals surface area contributed by atoms with E-state index in [1.807, 2.05) is 5.32 Å². The zero-order valence-corrected chi connectivity index (χ0v) is 7.45. The number of benzene rings is 1. The molecule has 0 aliphatic rings. The fourth-order valence-corrected chi connectivity index (χ4v) is 0.979. The van der Waals surface area contributed by atoms with Gasteiger partial charge in [-0.15, -0.1) is 0 Å². The van der Waals surface area contributed by atoms with Crippen molar-refractivity contribution < 1.29 is 17.6 Å². The Hall–Kier alpha value is -1.26. The monoisotopic (exact) mass is 207 g/mol. The van der Waals surface area contributed by atoms with Gasteiger partial charge in [-0.1, -0.05) is 12.1 Å². The molecule has 1 rings (SSSR count). The molecule has 1 nitrogen and oxygen atoms in total. The number of halogens is 4. The van der Waals surface area contributed by atoms with Gasteiger partial charge in [-0.3, -0.25) is 0 Å². The summed E-state index contributed by atoms with van der Waals surface area (Å²) in [5.41, 5.74) is 0.194. The number of aryl methyl sites for hydroxylation is 1. The SMILES string of the molecule is Cc1cccc(NCC(F)(F)F)c1F. The van der Waals surface area contributed by atoms with Crippen molar-refractivity contribution in [2.24, 2.45) is 0 Å². The summed E-state index contributed by atoms with van der Waals surface area (Å²) >= 11 is 0. The topological polar surface area (TPSA) is 12.0 Å². The molecule has 1 aromatic carbocycles. The average Bonchev–Trinajstić information content (AvgIpc) is 2.06. The molecule has 0 saturated carbocycles. The Kier molecular flexibility index (Phi) is 2.98. The highest BCUT2D eigenvalue weighted by Crippen LogP contribution is 2.20. The van der Waals surface area contributed by atoms with Crippen LogP contribution in [-0.4, -0.2) is 12.7 Å². The van der Waals surface area contributed by atoms with Gasteiger partial charge in [0, 0.05) is 0 Å². The lowest BCUT2D eigenvalue weighted by molar-refractivity contribution is -0.115. The summed E-state index contributed by atoms with van der Waals surface area (Å²) in [5.74, 6) is -0.642. The van der Waals surface area contributed by atoms with E-state index in [0.717, 1.165) is 0 Å². The van der Waals surface area contributed by atoms with Gasteiger partial charge in [0.05, 0.1) is 5.69 Å². The largest absolute Gasteiger partial charge is 0.405 e. The predicted molar refractivity (Wildman–Crippen MR) is 45.7 cm³/mol. The first kappa shape index (κ1) is 10.8. The number of rotatable bonds is 2. The highest BCUT2D eigenvalue weighted by atomic mass is 19.4. The minimum absolute atomic E-state index is 0.123. The summed E-state index contributed by atoms with van der Waals surface area (Å²) in [6, 6.07) is 4.26. The molecule has 0 amide bonds. The molecule has 14 heavy (non-hydrogen) atoms. The summed E-state index contributed by atoms with van der Waals surface area (Å²) in [5, 5.41) is 1.99. The Bertz CT molecular complexity index is 319. The normalized spacial score (nSPS) is 11.5. The number of alkyl halides is 3. The summed E-state index contributed by atoms with van der Waals surface area (Å²) in [6.07, 6.45) is -4.34. The third kappa shape index (κ3) is 2.90. The number of hydrogen-bond donors (Lipinski definition) is 1. The number of hydrogen-bond acceptors (Lipinski definition) is 1. The maximum Gasteiger partial charge on any atom is 0.405 e. The lowest BCUT2D eigenvalue weighted by Crippen LogP contribution is -2.21. The molecule has 0 radical (unpaired) electrons. The molecule has 0 heterocycles. The molecule has 0 aliphatic heterocycles. The van der Waals surface area contributed by atoms with E-state index in [0.29, 0.717) is 5.56 Å². The molecule has 1 N–H and O–H groups in total. The lowest BCUT2D eigenvalue weighted by atomic mass is 10.2. The zero-order chi connectivity index (χ0) is 10.8. The summed E-state index contributed by atoms with van der Waals surface area (Å²) < 4.78 is 48.5. The smallest absolute Gasteiger partial charge is 0.374 e. The summed E-state index contributed by atoms with van der Waals surface area (Å²) in [6.45, 7) is 0.265. The van der Waals surface area contributed by atoms with Gasteiger partial charge in [0.1, 0.15) is 12.4 Å². The maximum absolute atomic E-state index is 13.1. The fourth-order valence-electron chi connectivity index (χ4n) is 0.979. The Balaban J connectivity index is 2.73. The third-order valence-corrected chi connectivity index (χ3v) is 1.67. The van der Waals surface area contributed by atoms with E-state index in [-0.39, 0.29) is 5.69 Å². The lowest BCUT2D eigenvalue weighted by Gasteiger charge is -2.10. The van der Waals surface area contributed by atoms with Gasteiger partial charge in [-0.05, 0) is 18.6 Å². The van der Waals surface area contributed by atoms with Crippen molar-refractivity contribution in [2.75, 3.05) is 11.9 Å². The van der Waals surface area contributed by atoms with Crippen LogP contribution in [0, 0.1) is 12.7 Å². The summed E-state index contributed by atoms with van der Waals surface area (Å²) in [7, 11) is 0. The van der Waals surface area contributed by atoms with Crippen molar-refractivity contribution in [3.63, 3.8) is 0 Å². The second-order valence-electron chi connectivity index (χ2n) is 2.91. The van der Waals surface area contributed by atoms with Crippen LogP contribution in [0.2, 0.25) is 0 Å². The average molecular weight is 207 g/mol. The Morgan fingerprint density at radius 3 is 2.50 bits per heavy atom. The van der Waals surface area contributed by atoms with Crippen LogP contribution in [0.1, 0.15) is 5.56 Å². The molecule has 0 bridgehead atoms. The first-order valence-corrected chi connectivity index (χ1v) is 3.96. The van der Waals surface area contributed by atoms with Crippen molar-refractivity contribution in [3.8, 4) is 0 Å². The van der Waals surface area contributed by atoms with E-state index in [2.05, 4.69) is 0 Å². The van der Waals surface area contributed by atoms with Gasteiger partial charge in [0.25, 0.3) is 0 Å². The molecule has 1 aromatic rings. The molecule has 5 heteroatoms. The fraction of sp³-hybridized carbons (Fsp3) is 0.333. The van der Waals surface area contributed by atoms with Gasteiger partial charge in [-0.2, -0.15) is 13.2 Å². The molecule has 0 aliphatic carbocycles. The van der Waals surface area contributed by atoms with E-state index < -0.39 is 18.5 Å². The molecule has 0 spiro atoms. The standard InChI is InChI=1S/C9H9F4N/c1-6-3-2-4-7(8(6)10)14-5-9(11,12)13/h2-4,14H,5H2,1H3. The molecule has 0 fully saturated rings. The van der Waals surface area contributed by atoms with E-state index >= 15 is 0 Å². The molecule has 0 atom stereocenters. The second kappa shape index (κ2) is 3.86. The van der Waals surface area contributed by atoms with Gasteiger partial charge in [0.2, 0.25) is 0 Å². The van der Waals surface area contributed by atoms with E-state index in [9.17, 15) is 17.6 Å². The second-order valence-corrected chi connectivity index (χ2v) is 2.91. The molecular weight excluding hydrogens is 198 g/mol. The molecule has 0 aromatic heterocycles. The minimum atomic E-state index is -4.34. The van der Waals surface area contributed by atoms with Crippen LogP contribution in [0.4, 0.5) is 23.2 Å². The first-order valence-electron chi connectivity index (χ1n) is 3.96. The maximum atomic E-state index is 13.1. The highest BCUT2D eigenvalue weighted by Gasteiger charge is 2.27.